The molecule has 1 N–H and O–H groups in total. The maximum Gasteiger partial charge on any atom is 0.176 e. The van der Waals surface area contributed by atoms with Gasteiger partial charge in [0, 0.05) is 43.5 Å². The molecule has 2 aromatic rings. The van der Waals surface area contributed by atoms with Gasteiger partial charge in [0.15, 0.2) is 5.78 Å². The Balaban J connectivity index is 1.59. The van der Waals surface area contributed by atoms with Crippen molar-refractivity contribution in [2.75, 3.05) is 39.3 Å². The van der Waals surface area contributed by atoms with E-state index >= 15 is 0 Å². The van der Waals surface area contributed by atoms with E-state index in [0.29, 0.717) is 6.54 Å². The highest BCUT2D eigenvalue weighted by atomic mass is 16.1. The third kappa shape index (κ3) is 3.34. The fraction of sp³-hybridized carbons (Fsp3) is 0.471. The summed E-state index contributed by atoms with van der Waals surface area (Å²) in [7, 11) is 0. The van der Waals surface area contributed by atoms with Gasteiger partial charge in [0.2, 0.25) is 0 Å². The monoisotopic (exact) mass is 285 g/mol. The number of nitrogens with one attached hydrogen (secondary N) is 1. The molecule has 0 bridgehead atoms. The number of hydrogen-bond donors (Lipinski definition) is 1. The fourth-order valence-corrected chi connectivity index (χ4v) is 3.00. The van der Waals surface area contributed by atoms with Crippen molar-refractivity contribution in [3.05, 3.63) is 36.0 Å². The summed E-state index contributed by atoms with van der Waals surface area (Å²) in [4.78, 5) is 20.3. The molecule has 0 spiro atoms. The van der Waals surface area contributed by atoms with Gasteiger partial charge in [-0.3, -0.25) is 9.69 Å². The van der Waals surface area contributed by atoms with Crippen molar-refractivity contribution in [3.63, 3.8) is 0 Å². The van der Waals surface area contributed by atoms with Gasteiger partial charge in [0.25, 0.3) is 0 Å². The number of aromatic nitrogens is 1. The molecule has 3 rings (SSSR count). The van der Waals surface area contributed by atoms with Crippen LogP contribution in [0.5, 0.6) is 0 Å². The highest BCUT2D eigenvalue weighted by Gasteiger charge is 2.19. The predicted molar refractivity (Wildman–Crippen MR) is 85.8 cm³/mol. The minimum absolute atomic E-state index is 0.218. The second-order valence-electron chi connectivity index (χ2n) is 5.82. The van der Waals surface area contributed by atoms with E-state index in [2.05, 4.69) is 21.7 Å². The molecule has 1 saturated heterocycles. The number of aromatic amines is 1. The first kappa shape index (κ1) is 14.3. The fourth-order valence-electron chi connectivity index (χ4n) is 3.00. The molecule has 4 nitrogen and oxygen atoms in total. The van der Waals surface area contributed by atoms with Crippen LogP contribution in [0.15, 0.2) is 30.5 Å². The van der Waals surface area contributed by atoms with Crippen molar-refractivity contribution in [1.29, 1.82) is 0 Å². The number of benzene rings is 1. The molecule has 1 fully saturated rings. The standard InChI is InChI=1S/C17H23N3O/c1-2-7-19-8-10-20(11-9-19)13-17(21)15-4-3-14-5-6-18-16(14)12-15/h3-6,12,18H,2,7-11,13H2,1H3. The molecule has 2 heterocycles. The molecule has 0 amide bonds. The first-order valence-corrected chi connectivity index (χ1v) is 7.81. The minimum Gasteiger partial charge on any atom is -0.361 e. The SMILES string of the molecule is CCCN1CCN(CC(=O)c2ccc3cc[nH]c3c2)CC1. The van der Waals surface area contributed by atoms with Crippen LogP contribution in [0.25, 0.3) is 10.9 Å². The van der Waals surface area contributed by atoms with Crippen LogP contribution in [-0.2, 0) is 0 Å². The number of Topliss-reactive ketones (excluding diaryl/α,β-unsaturated/α-hetero) is 1. The maximum atomic E-state index is 12.4. The molecule has 0 aliphatic carbocycles. The van der Waals surface area contributed by atoms with E-state index in [1.807, 2.05) is 30.5 Å². The lowest BCUT2D eigenvalue weighted by atomic mass is 10.1. The summed E-state index contributed by atoms with van der Waals surface area (Å²) in [5, 5.41) is 1.15. The van der Waals surface area contributed by atoms with Gasteiger partial charge >= 0.3 is 0 Å². The highest BCUT2D eigenvalue weighted by molar-refractivity contribution is 6.00. The van der Waals surface area contributed by atoms with Gasteiger partial charge in [-0.05, 0) is 30.5 Å². The van der Waals surface area contributed by atoms with Crippen molar-refractivity contribution in [2.24, 2.45) is 0 Å². The van der Waals surface area contributed by atoms with Crippen molar-refractivity contribution in [3.8, 4) is 0 Å². The zero-order chi connectivity index (χ0) is 14.7. The van der Waals surface area contributed by atoms with E-state index < -0.39 is 0 Å². The molecule has 1 aromatic carbocycles. The van der Waals surface area contributed by atoms with Crippen LogP contribution in [0.4, 0.5) is 0 Å². The zero-order valence-corrected chi connectivity index (χ0v) is 12.6. The van der Waals surface area contributed by atoms with Gasteiger partial charge in [0.1, 0.15) is 0 Å². The molecule has 112 valence electrons. The van der Waals surface area contributed by atoms with E-state index in [1.54, 1.807) is 0 Å². The molecular weight excluding hydrogens is 262 g/mol. The van der Waals surface area contributed by atoms with Crippen molar-refractivity contribution in [1.82, 2.24) is 14.8 Å². The minimum atomic E-state index is 0.218. The summed E-state index contributed by atoms with van der Waals surface area (Å²) >= 11 is 0. The van der Waals surface area contributed by atoms with E-state index in [1.165, 1.54) is 13.0 Å². The molecule has 1 aliphatic heterocycles. The van der Waals surface area contributed by atoms with Crippen molar-refractivity contribution < 1.29 is 4.79 Å². The molecule has 0 saturated carbocycles. The van der Waals surface area contributed by atoms with Gasteiger partial charge in [-0.2, -0.15) is 0 Å². The second kappa shape index (κ2) is 6.41. The van der Waals surface area contributed by atoms with Crippen molar-refractivity contribution >= 4 is 16.7 Å². The van der Waals surface area contributed by atoms with E-state index in [4.69, 9.17) is 0 Å². The summed E-state index contributed by atoms with van der Waals surface area (Å²) in [6.45, 7) is 8.07. The Labute approximate surface area is 125 Å². The summed E-state index contributed by atoms with van der Waals surface area (Å²) in [5.74, 6) is 0.218. The van der Waals surface area contributed by atoms with Crippen LogP contribution in [0.3, 0.4) is 0 Å². The van der Waals surface area contributed by atoms with Gasteiger partial charge in [-0.1, -0.05) is 19.1 Å². The number of fused-ring (bicyclic) bond motifs is 1. The molecule has 0 radical (unpaired) electrons. The Morgan fingerprint density at radius 1 is 1.14 bits per heavy atom. The zero-order valence-electron chi connectivity index (χ0n) is 12.6. The van der Waals surface area contributed by atoms with Crippen LogP contribution < -0.4 is 0 Å². The molecule has 0 atom stereocenters. The number of H-pyrrole nitrogens is 1. The third-order valence-corrected chi connectivity index (χ3v) is 4.25. The van der Waals surface area contributed by atoms with Gasteiger partial charge in [-0.25, -0.2) is 0 Å². The summed E-state index contributed by atoms with van der Waals surface area (Å²) in [6.07, 6.45) is 3.11. The van der Waals surface area contributed by atoms with Crippen molar-refractivity contribution in [2.45, 2.75) is 13.3 Å². The Morgan fingerprint density at radius 2 is 1.90 bits per heavy atom. The lowest BCUT2D eigenvalue weighted by molar-refractivity contribution is 0.0853. The maximum absolute atomic E-state index is 12.4. The van der Waals surface area contributed by atoms with E-state index in [0.717, 1.165) is 42.6 Å². The Morgan fingerprint density at radius 3 is 2.67 bits per heavy atom. The van der Waals surface area contributed by atoms with Crippen LogP contribution in [-0.4, -0.2) is 59.8 Å². The first-order valence-electron chi connectivity index (χ1n) is 7.81. The number of carbonyl (C=O) groups excluding carboxylic acids is 1. The molecule has 21 heavy (non-hydrogen) atoms. The summed E-state index contributed by atoms with van der Waals surface area (Å²) < 4.78 is 0. The Bertz CT molecular complexity index is 611. The van der Waals surface area contributed by atoms with Gasteiger partial charge < -0.3 is 9.88 Å². The van der Waals surface area contributed by atoms with Crippen LogP contribution in [0.1, 0.15) is 23.7 Å². The Kier molecular flexibility index (Phi) is 4.36. The number of carbonyl (C=O) groups is 1. The third-order valence-electron chi connectivity index (χ3n) is 4.25. The second-order valence-corrected chi connectivity index (χ2v) is 5.82. The molecule has 4 heteroatoms. The largest absolute Gasteiger partial charge is 0.361 e. The Hall–Kier alpha value is -1.65. The van der Waals surface area contributed by atoms with Gasteiger partial charge in [0.05, 0.1) is 6.54 Å². The lowest BCUT2D eigenvalue weighted by Gasteiger charge is -2.34. The van der Waals surface area contributed by atoms with E-state index in [-0.39, 0.29) is 5.78 Å². The molecule has 1 aliphatic rings. The lowest BCUT2D eigenvalue weighted by Crippen LogP contribution is -2.47. The summed E-state index contributed by atoms with van der Waals surface area (Å²) in [6, 6.07) is 7.94. The van der Waals surface area contributed by atoms with Gasteiger partial charge in [-0.15, -0.1) is 0 Å². The molecular formula is C17H23N3O. The molecule has 0 unspecified atom stereocenters. The number of piperazine rings is 1. The smallest absolute Gasteiger partial charge is 0.176 e. The molecule has 1 aromatic heterocycles. The van der Waals surface area contributed by atoms with Crippen LogP contribution >= 0.6 is 0 Å². The predicted octanol–water partition coefficient (Wildman–Crippen LogP) is 2.38. The number of rotatable bonds is 5. The number of hydrogen-bond acceptors (Lipinski definition) is 3. The average Bonchev–Trinajstić information content (AvgIpc) is 2.97. The summed E-state index contributed by atoms with van der Waals surface area (Å²) in [5.41, 5.74) is 1.84. The quantitative estimate of drug-likeness (QED) is 0.857. The number of nitrogens with zero attached hydrogens (tertiary/aromatic N) is 2. The van der Waals surface area contributed by atoms with E-state index in [9.17, 15) is 4.79 Å². The normalized spacial score (nSPS) is 17.4. The van der Waals surface area contributed by atoms with Crippen LogP contribution in [0.2, 0.25) is 0 Å². The topological polar surface area (TPSA) is 39.3 Å². The highest BCUT2D eigenvalue weighted by Crippen LogP contribution is 2.15. The number of ketones is 1. The van der Waals surface area contributed by atoms with Crippen LogP contribution in [0, 0.1) is 0 Å². The average molecular weight is 285 g/mol. The first-order chi connectivity index (χ1) is 10.3.